The topological polar surface area (TPSA) is 131 Å². The highest BCUT2D eigenvalue weighted by molar-refractivity contribution is 5.75. The number of anilines is 1. The van der Waals surface area contributed by atoms with Gasteiger partial charge in [0, 0.05) is 12.6 Å². The quantitative estimate of drug-likeness (QED) is 0.415. The van der Waals surface area contributed by atoms with Gasteiger partial charge in [-0.3, -0.25) is 14.9 Å². The Kier molecular flexibility index (Phi) is 5.25. The summed E-state index contributed by atoms with van der Waals surface area (Å²) < 4.78 is 4.90. The number of nitriles is 1. The Balaban J connectivity index is 2.60. The maximum atomic E-state index is 10.8. The van der Waals surface area contributed by atoms with Crippen molar-refractivity contribution in [3.63, 3.8) is 0 Å². The summed E-state index contributed by atoms with van der Waals surface area (Å²) in [7, 11) is 0. The van der Waals surface area contributed by atoms with Gasteiger partial charge in [0.2, 0.25) is 5.91 Å². The maximum absolute atomic E-state index is 10.8. The van der Waals surface area contributed by atoms with Gasteiger partial charge in [0.25, 0.3) is 5.69 Å². The molecule has 0 aliphatic rings. The van der Waals surface area contributed by atoms with Crippen molar-refractivity contribution in [2.75, 3.05) is 25.1 Å². The molecule has 1 amide bonds. The van der Waals surface area contributed by atoms with E-state index in [-0.39, 0.29) is 36.7 Å². The van der Waals surface area contributed by atoms with Gasteiger partial charge in [-0.1, -0.05) is 0 Å². The summed E-state index contributed by atoms with van der Waals surface area (Å²) in [6, 6.07) is 5.94. The molecule has 0 atom stereocenters. The summed E-state index contributed by atoms with van der Waals surface area (Å²) in [5, 5.41) is 22.3. The highest BCUT2D eigenvalue weighted by atomic mass is 16.6. The molecule has 0 aliphatic heterocycles. The molecule has 1 aromatic rings. The van der Waals surface area contributed by atoms with Crippen molar-refractivity contribution in [1.82, 2.24) is 0 Å². The van der Waals surface area contributed by atoms with Crippen molar-refractivity contribution < 1.29 is 14.5 Å². The van der Waals surface area contributed by atoms with Crippen molar-refractivity contribution in [2.45, 2.75) is 0 Å². The van der Waals surface area contributed by atoms with Gasteiger partial charge in [-0.15, -0.1) is 0 Å². The van der Waals surface area contributed by atoms with E-state index in [1.807, 2.05) is 6.07 Å². The third kappa shape index (κ3) is 4.61. The average molecular weight is 264 g/mol. The zero-order chi connectivity index (χ0) is 14.3. The zero-order valence-corrected chi connectivity index (χ0v) is 9.96. The molecule has 8 nitrogen and oxygen atoms in total. The third-order valence-corrected chi connectivity index (χ3v) is 2.13. The van der Waals surface area contributed by atoms with Crippen LogP contribution in [-0.2, 0) is 9.53 Å². The number of nitro benzene ring substituents is 1. The molecule has 8 heteroatoms. The van der Waals surface area contributed by atoms with E-state index in [0.29, 0.717) is 0 Å². The molecular formula is C11H12N4O4. The lowest BCUT2D eigenvalue weighted by molar-refractivity contribution is -0.384. The van der Waals surface area contributed by atoms with Crippen molar-refractivity contribution in [3.05, 3.63) is 33.9 Å². The Labute approximate surface area is 108 Å². The first kappa shape index (κ1) is 14.4. The number of nitrogens with two attached hydrogens (primary N) is 1. The predicted octanol–water partition coefficient (Wildman–Crippen LogP) is 0.380. The minimum atomic E-state index is -0.579. The van der Waals surface area contributed by atoms with Crippen LogP contribution in [0.1, 0.15) is 5.56 Å². The molecule has 0 unspecified atom stereocenters. The van der Waals surface area contributed by atoms with Crippen LogP contribution in [0.3, 0.4) is 0 Å². The van der Waals surface area contributed by atoms with Crippen LogP contribution in [0.15, 0.2) is 18.2 Å². The Morgan fingerprint density at radius 2 is 2.32 bits per heavy atom. The van der Waals surface area contributed by atoms with Crippen molar-refractivity contribution >= 4 is 17.3 Å². The van der Waals surface area contributed by atoms with Crippen LogP contribution < -0.4 is 11.1 Å². The number of hydrogen-bond acceptors (Lipinski definition) is 6. The van der Waals surface area contributed by atoms with Gasteiger partial charge in [-0.25, -0.2) is 0 Å². The van der Waals surface area contributed by atoms with E-state index < -0.39 is 10.8 Å². The smallest absolute Gasteiger partial charge is 0.293 e. The van der Waals surface area contributed by atoms with Crippen LogP contribution in [0.4, 0.5) is 11.4 Å². The SMILES string of the molecule is N#Cc1ccc(NCCOCC(N)=O)c([N+](=O)[O-])c1. The number of nitrogens with zero attached hydrogens (tertiary/aromatic N) is 2. The molecule has 0 heterocycles. The van der Waals surface area contributed by atoms with E-state index in [4.69, 9.17) is 15.7 Å². The fraction of sp³-hybridized carbons (Fsp3) is 0.273. The van der Waals surface area contributed by atoms with Crippen molar-refractivity contribution in [3.8, 4) is 6.07 Å². The van der Waals surface area contributed by atoms with Crippen LogP contribution in [0.2, 0.25) is 0 Å². The van der Waals surface area contributed by atoms with Crippen LogP contribution in [0.25, 0.3) is 0 Å². The average Bonchev–Trinajstić information content (AvgIpc) is 2.38. The molecule has 0 bridgehead atoms. The number of carbonyl (C=O) groups excluding carboxylic acids is 1. The molecular weight excluding hydrogens is 252 g/mol. The fourth-order valence-corrected chi connectivity index (χ4v) is 1.33. The number of benzene rings is 1. The molecule has 0 spiro atoms. The second-order valence-corrected chi connectivity index (χ2v) is 3.55. The Bertz CT molecular complexity index is 524. The summed E-state index contributed by atoms with van der Waals surface area (Å²) in [4.78, 5) is 20.7. The first-order chi connectivity index (χ1) is 9.04. The van der Waals surface area contributed by atoms with Gasteiger partial charge in [-0.05, 0) is 12.1 Å². The molecule has 1 aromatic carbocycles. The van der Waals surface area contributed by atoms with Crippen LogP contribution in [0.5, 0.6) is 0 Å². The Morgan fingerprint density at radius 3 is 2.89 bits per heavy atom. The molecule has 0 saturated carbocycles. The van der Waals surface area contributed by atoms with Crippen molar-refractivity contribution in [2.24, 2.45) is 5.73 Å². The summed E-state index contributed by atoms with van der Waals surface area (Å²) in [5.41, 5.74) is 5.19. The predicted molar refractivity (Wildman–Crippen MR) is 66.3 cm³/mol. The first-order valence-electron chi connectivity index (χ1n) is 5.33. The minimum absolute atomic E-state index is 0.181. The Hall–Kier alpha value is -2.66. The first-order valence-corrected chi connectivity index (χ1v) is 5.33. The lowest BCUT2D eigenvalue weighted by Gasteiger charge is -2.07. The maximum Gasteiger partial charge on any atom is 0.293 e. The number of amides is 1. The van der Waals surface area contributed by atoms with Gasteiger partial charge in [0.15, 0.2) is 0 Å². The van der Waals surface area contributed by atoms with Crippen LogP contribution in [-0.4, -0.2) is 30.6 Å². The molecule has 0 fully saturated rings. The normalized spacial score (nSPS) is 9.63. The van der Waals surface area contributed by atoms with Crippen LogP contribution >= 0.6 is 0 Å². The van der Waals surface area contributed by atoms with Gasteiger partial charge in [0.05, 0.1) is 23.2 Å². The highest BCUT2D eigenvalue weighted by Crippen LogP contribution is 2.24. The van der Waals surface area contributed by atoms with E-state index in [1.165, 1.54) is 18.2 Å². The summed E-state index contributed by atoms with van der Waals surface area (Å²) in [6.45, 7) is 0.261. The van der Waals surface area contributed by atoms with E-state index in [2.05, 4.69) is 5.32 Å². The van der Waals surface area contributed by atoms with E-state index in [1.54, 1.807) is 0 Å². The summed E-state index contributed by atoms with van der Waals surface area (Å²) in [5.74, 6) is -0.579. The van der Waals surface area contributed by atoms with Gasteiger partial charge >= 0.3 is 0 Å². The number of nitro groups is 1. The molecule has 3 N–H and O–H groups in total. The minimum Gasteiger partial charge on any atom is -0.377 e. The van der Waals surface area contributed by atoms with Crippen LogP contribution in [0, 0.1) is 21.4 Å². The molecule has 0 aromatic heterocycles. The lowest BCUT2D eigenvalue weighted by Crippen LogP contribution is -2.20. The molecule has 100 valence electrons. The molecule has 0 aliphatic carbocycles. The Morgan fingerprint density at radius 1 is 1.58 bits per heavy atom. The number of primary amides is 1. The third-order valence-electron chi connectivity index (χ3n) is 2.13. The molecule has 19 heavy (non-hydrogen) atoms. The van der Waals surface area contributed by atoms with Gasteiger partial charge < -0.3 is 15.8 Å². The van der Waals surface area contributed by atoms with E-state index >= 15 is 0 Å². The highest BCUT2D eigenvalue weighted by Gasteiger charge is 2.14. The lowest BCUT2D eigenvalue weighted by atomic mass is 10.2. The van der Waals surface area contributed by atoms with Gasteiger partial charge in [0.1, 0.15) is 12.3 Å². The number of nitrogens with one attached hydrogen (secondary N) is 1. The summed E-state index contributed by atoms with van der Waals surface area (Å²) in [6.07, 6.45) is 0. The second kappa shape index (κ2) is 6.93. The zero-order valence-electron chi connectivity index (χ0n) is 9.96. The van der Waals surface area contributed by atoms with Gasteiger partial charge in [-0.2, -0.15) is 5.26 Å². The van der Waals surface area contributed by atoms with E-state index in [0.717, 1.165) is 0 Å². The largest absolute Gasteiger partial charge is 0.377 e. The van der Waals surface area contributed by atoms with Crippen molar-refractivity contribution in [1.29, 1.82) is 5.26 Å². The number of rotatable bonds is 7. The second-order valence-electron chi connectivity index (χ2n) is 3.55. The number of carbonyl (C=O) groups is 1. The molecule has 0 saturated heterocycles. The number of hydrogen-bond donors (Lipinski definition) is 2. The summed E-state index contributed by atoms with van der Waals surface area (Å²) >= 11 is 0. The monoisotopic (exact) mass is 264 g/mol. The molecule has 1 rings (SSSR count). The van der Waals surface area contributed by atoms with E-state index in [9.17, 15) is 14.9 Å². The molecule has 0 radical (unpaired) electrons. The fourth-order valence-electron chi connectivity index (χ4n) is 1.33. The number of ether oxygens (including phenoxy) is 1. The standard InChI is InChI=1S/C11H12N4O4/c12-6-8-1-2-9(10(5-8)15(17)18)14-3-4-19-7-11(13)16/h1-2,5,14H,3-4,7H2,(H2,13,16).